The summed E-state index contributed by atoms with van der Waals surface area (Å²) in [6, 6.07) is 9.12. The van der Waals surface area contributed by atoms with Crippen molar-refractivity contribution < 1.29 is 4.74 Å². The Bertz CT molecular complexity index is 418. The van der Waals surface area contributed by atoms with Crippen LogP contribution in [0.15, 0.2) is 24.3 Å². The van der Waals surface area contributed by atoms with Gasteiger partial charge in [-0.05, 0) is 51.0 Å². The lowest BCUT2D eigenvalue weighted by Crippen LogP contribution is -2.62. The third-order valence-electron chi connectivity index (χ3n) is 4.46. The summed E-state index contributed by atoms with van der Waals surface area (Å²) in [7, 11) is 0. The molecule has 0 spiro atoms. The molecule has 0 aliphatic carbocycles. The van der Waals surface area contributed by atoms with E-state index in [1.54, 1.807) is 0 Å². The van der Waals surface area contributed by atoms with Crippen LogP contribution in [0.3, 0.4) is 0 Å². The Balaban J connectivity index is 2.18. The first-order valence-electron chi connectivity index (χ1n) is 7.86. The van der Waals surface area contributed by atoms with Crippen LogP contribution in [0.4, 0.5) is 5.69 Å². The number of rotatable bonds is 5. The van der Waals surface area contributed by atoms with Crippen LogP contribution in [0, 0.1) is 0 Å². The van der Waals surface area contributed by atoms with E-state index >= 15 is 0 Å². The van der Waals surface area contributed by atoms with Crippen LogP contribution < -0.4 is 15.0 Å². The minimum absolute atomic E-state index is 0.213. The van der Waals surface area contributed by atoms with Gasteiger partial charge in [-0.3, -0.25) is 0 Å². The second-order valence-electron chi connectivity index (χ2n) is 5.91. The molecular formula is C17H28N2O. The number of piperazine rings is 1. The zero-order valence-corrected chi connectivity index (χ0v) is 13.3. The Morgan fingerprint density at radius 3 is 2.50 bits per heavy atom. The van der Waals surface area contributed by atoms with Gasteiger partial charge in [0.2, 0.25) is 0 Å². The third kappa shape index (κ3) is 3.26. The normalized spacial score (nSPS) is 26.6. The van der Waals surface area contributed by atoms with Gasteiger partial charge in [0.1, 0.15) is 5.75 Å². The van der Waals surface area contributed by atoms with Crippen molar-refractivity contribution in [3.05, 3.63) is 24.3 Å². The molecule has 1 aromatic rings. The maximum absolute atomic E-state index is 5.53. The second kappa shape index (κ2) is 6.49. The van der Waals surface area contributed by atoms with Crippen LogP contribution in [0.1, 0.15) is 40.5 Å². The van der Waals surface area contributed by atoms with Crippen LogP contribution >= 0.6 is 0 Å². The first-order chi connectivity index (χ1) is 9.61. The van der Waals surface area contributed by atoms with Gasteiger partial charge >= 0.3 is 0 Å². The molecule has 1 aromatic carbocycles. The maximum Gasteiger partial charge on any atom is 0.119 e. The van der Waals surface area contributed by atoms with E-state index in [0.717, 1.165) is 31.9 Å². The van der Waals surface area contributed by atoms with Gasteiger partial charge in [0, 0.05) is 30.4 Å². The number of nitrogens with one attached hydrogen (secondary N) is 1. The zero-order valence-electron chi connectivity index (χ0n) is 13.3. The molecule has 1 aliphatic rings. The Kier molecular flexibility index (Phi) is 4.92. The van der Waals surface area contributed by atoms with E-state index in [-0.39, 0.29) is 5.54 Å². The van der Waals surface area contributed by atoms with Crippen LogP contribution in [-0.4, -0.2) is 31.3 Å². The molecule has 3 heteroatoms. The van der Waals surface area contributed by atoms with Gasteiger partial charge in [0.15, 0.2) is 0 Å². The first kappa shape index (κ1) is 15.2. The Hall–Kier alpha value is -1.22. The van der Waals surface area contributed by atoms with Crippen molar-refractivity contribution in [1.29, 1.82) is 0 Å². The molecule has 1 aliphatic heterocycles. The maximum atomic E-state index is 5.53. The Morgan fingerprint density at radius 1 is 1.25 bits per heavy atom. The lowest BCUT2D eigenvalue weighted by Gasteiger charge is -2.47. The van der Waals surface area contributed by atoms with Crippen molar-refractivity contribution >= 4 is 5.69 Å². The quantitative estimate of drug-likeness (QED) is 0.891. The number of hydrogen-bond donors (Lipinski definition) is 1. The highest BCUT2D eigenvalue weighted by atomic mass is 16.5. The van der Waals surface area contributed by atoms with E-state index < -0.39 is 0 Å². The van der Waals surface area contributed by atoms with E-state index in [1.165, 1.54) is 12.1 Å². The van der Waals surface area contributed by atoms with Crippen molar-refractivity contribution in [2.45, 2.75) is 52.1 Å². The van der Waals surface area contributed by atoms with Gasteiger partial charge in [0.05, 0.1) is 6.61 Å². The predicted octanol–water partition coefficient (Wildman–Crippen LogP) is 3.44. The molecule has 1 saturated heterocycles. The molecule has 20 heavy (non-hydrogen) atoms. The smallest absolute Gasteiger partial charge is 0.119 e. The van der Waals surface area contributed by atoms with Gasteiger partial charge in [-0.1, -0.05) is 13.8 Å². The van der Waals surface area contributed by atoms with Crippen molar-refractivity contribution in [1.82, 2.24) is 5.32 Å². The highest BCUT2D eigenvalue weighted by Crippen LogP contribution is 2.28. The third-order valence-corrected chi connectivity index (χ3v) is 4.46. The predicted molar refractivity (Wildman–Crippen MR) is 85.7 cm³/mol. The van der Waals surface area contributed by atoms with Gasteiger partial charge in [-0.15, -0.1) is 0 Å². The standard InChI is InChI=1S/C17H28N2O/c1-5-14-12-18-17(4,6-2)13-19(14)15-8-10-16(11-9-15)20-7-3/h8-11,14,18H,5-7,12-13H2,1-4H3. The summed E-state index contributed by atoms with van der Waals surface area (Å²) in [5, 5.41) is 3.71. The molecule has 3 nitrogen and oxygen atoms in total. The van der Waals surface area contributed by atoms with E-state index in [4.69, 9.17) is 4.74 Å². The molecule has 0 amide bonds. The van der Waals surface area contributed by atoms with E-state index in [1.807, 2.05) is 6.92 Å². The molecule has 1 fully saturated rings. The summed E-state index contributed by atoms with van der Waals surface area (Å²) < 4.78 is 5.53. The molecule has 0 radical (unpaired) electrons. The van der Waals surface area contributed by atoms with E-state index in [0.29, 0.717) is 6.04 Å². The highest BCUT2D eigenvalue weighted by molar-refractivity contribution is 5.51. The van der Waals surface area contributed by atoms with Crippen molar-refractivity contribution in [3.63, 3.8) is 0 Å². The van der Waals surface area contributed by atoms with Crippen molar-refractivity contribution in [3.8, 4) is 5.75 Å². The molecule has 112 valence electrons. The Morgan fingerprint density at radius 2 is 1.95 bits per heavy atom. The fourth-order valence-electron chi connectivity index (χ4n) is 2.84. The molecule has 0 aromatic heterocycles. The summed E-state index contributed by atoms with van der Waals surface area (Å²) in [6.45, 7) is 11.7. The molecular weight excluding hydrogens is 248 g/mol. The molecule has 1 heterocycles. The molecule has 1 N–H and O–H groups in total. The summed E-state index contributed by atoms with van der Waals surface area (Å²) in [6.07, 6.45) is 2.32. The van der Waals surface area contributed by atoms with E-state index in [9.17, 15) is 0 Å². The fraction of sp³-hybridized carbons (Fsp3) is 0.647. The monoisotopic (exact) mass is 276 g/mol. The van der Waals surface area contributed by atoms with Gasteiger partial charge < -0.3 is 15.0 Å². The summed E-state index contributed by atoms with van der Waals surface area (Å²) in [5.41, 5.74) is 1.52. The van der Waals surface area contributed by atoms with Crippen LogP contribution in [0.5, 0.6) is 5.75 Å². The molecule has 2 atom stereocenters. The Labute approximate surface area is 123 Å². The van der Waals surface area contributed by atoms with Crippen LogP contribution in [-0.2, 0) is 0 Å². The summed E-state index contributed by atoms with van der Waals surface area (Å²) >= 11 is 0. The van der Waals surface area contributed by atoms with Crippen LogP contribution in [0.25, 0.3) is 0 Å². The average molecular weight is 276 g/mol. The van der Waals surface area contributed by atoms with Crippen LogP contribution in [0.2, 0.25) is 0 Å². The number of hydrogen-bond acceptors (Lipinski definition) is 3. The molecule has 2 unspecified atom stereocenters. The number of anilines is 1. The fourth-order valence-corrected chi connectivity index (χ4v) is 2.84. The minimum atomic E-state index is 0.213. The summed E-state index contributed by atoms with van der Waals surface area (Å²) in [5.74, 6) is 0.956. The van der Waals surface area contributed by atoms with Crippen molar-refractivity contribution in [2.24, 2.45) is 0 Å². The first-order valence-corrected chi connectivity index (χ1v) is 7.86. The van der Waals surface area contributed by atoms with Gasteiger partial charge in [-0.2, -0.15) is 0 Å². The number of ether oxygens (including phenoxy) is 1. The van der Waals surface area contributed by atoms with E-state index in [2.05, 4.69) is 55.3 Å². The second-order valence-corrected chi connectivity index (χ2v) is 5.91. The average Bonchev–Trinajstić information content (AvgIpc) is 2.48. The SMILES string of the molecule is CCOc1ccc(N2CC(C)(CC)NCC2CC)cc1. The topological polar surface area (TPSA) is 24.5 Å². The molecule has 2 rings (SSSR count). The van der Waals surface area contributed by atoms with Crippen molar-refractivity contribution in [2.75, 3.05) is 24.6 Å². The minimum Gasteiger partial charge on any atom is -0.494 e. The lowest BCUT2D eigenvalue weighted by atomic mass is 9.92. The molecule has 0 bridgehead atoms. The zero-order chi connectivity index (χ0) is 14.6. The lowest BCUT2D eigenvalue weighted by molar-refractivity contribution is 0.276. The summed E-state index contributed by atoms with van der Waals surface area (Å²) in [4.78, 5) is 2.55. The highest BCUT2D eigenvalue weighted by Gasteiger charge is 2.33. The van der Waals surface area contributed by atoms with Gasteiger partial charge in [0.25, 0.3) is 0 Å². The number of nitrogens with zero attached hydrogens (tertiary/aromatic N) is 1. The largest absolute Gasteiger partial charge is 0.494 e. The number of benzene rings is 1. The van der Waals surface area contributed by atoms with Gasteiger partial charge in [-0.25, -0.2) is 0 Å². The molecule has 0 saturated carbocycles.